The summed E-state index contributed by atoms with van der Waals surface area (Å²) in [6.45, 7) is 0. The lowest BCUT2D eigenvalue weighted by Crippen LogP contribution is -2.02. The number of benzene rings is 2. The van der Waals surface area contributed by atoms with E-state index in [-0.39, 0.29) is 0 Å². The van der Waals surface area contributed by atoms with Gasteiger partial charge < -0.3 is 9.57 Å². The van der Waals surface area contributed by atoms with Gasteiger partial charge in [0, 0.05) is 11.6 Å². The number of hydrogen-bond acceptors (Lipinski definition) is 2. The number of nitrogens with zero attached hydrogens (tertiary/aromatic N) is 1. The van der Waals surface area contributed by atoms with Gasteiger partial charge in [-0.05, 0) is 36.4 Å². The van der Waals surface area contributed by atoms with E-state index in [1.165, 1.54) is 0 Å². The molecule has 0 amide bonds. The normalized spacial score (nSPS) is 10.5. The first-order valence-electron chi connectivity index (χ1n) is 5.75. The molecule has 0 unspecified atom stereocenters. The summed E-state index contributed by atoms with van der Waals surface area (Å²) in [5.41, 5.74) is 1.05. The average Bonchev–Trinajstić information content (AvgIpc) is 2.83. The maximum Gasteiger partial charge on any atom is 0.156 e. The highest BCUT2D eigenvalue weighted by atomic mass is 16.7. The maximum absolute atomic E-state index is 5.79. The fraction of sp³-hybridized carbons (Fsp3) is 0.0667. The van der Waals surface area contributed by atoms with E-state index in [0.29, 0.717) is 0 Å². The Bertz CT molecular complexity index is 656. The van der Waals surface area contributed by atoms with Crippen LogP contribution in [-0.2, 0) is 0 Å². The van der Waals surface area contributed by atoms with Crippen molar-refractivity contribution in [3.63, 3.8) is 0 Å². The maximum atomic E-state index is 5.79. The zero-order valence-electron chi connectivity index (χ0n) is 10.0. The van der Waals surface area contributed by atoms with Crippen LogP contribution in [0.1, 0.15) is 0 Å². The van der Waals surface area contributed by atoms with Crippen molar-refractivity contribution in [2.45, 2.75) is 0 Å². The molecular formula is C15H13NO2. The van der Waals surface area contributed by atoms with E-state index in [1.807, 2.05) is 54.7 Å². The summed E-state index contributed by atoms with van der Waals surface area (Å²) in [7, 11) is 1.65. The third-order valence-electron chi connectivity index (χ3n) is 2.83. The van der Waals surface area contributed by atoms with Crippen LogP contribution in [0.5, 0.6) is 11.5 Å². The van der Waals surface area contributed by atoms with Crippen molar-refractivity contribution < 1.29 is 9.57 Å². The molecule has 0 saturated heterocycles. The molecule has 0 atom stereocenters. The Balaban J connectivity index is 1.91. The van der Waals surface area contributed by atoms with Crippen LogP contribution < -0.4 is 9.57 Å². The average molecular weight is 239 g/mol. The molecule has 90 valence electrons. The van der Waals surface area contributed by atoms with E-state index < -0.39 is 0 Å². The Hall–Kier alpha value is -2.42. The second-order valence-corrected chi connectivity index (χ2v) is 3.97. The first-order valence-corrected chi connectivity index (χ1v) is 5.75. The Morgan fingerprint density at radius 3 is 2.33 bits per heavy atom. The molecule has 3 nitrogen and oxygen atoms in total. The molecule has 18 heavy (non-hydrogen) atoms. The Labute approximate surface area is 105 Å². The predicted molar refractivity (Wildman–Crippen MR) is 71.0 cm³/mol. The highest BCUT2D eigenvalue weighted by Gasteiger charge is 2.02. The Kier molecular flexibility index (Phi) is 2.65. The summed E-state index contributed by atoms with van der Waals surface area (Å²) in [6.07, 6.45) is 1.91. The standard InChI is InChI=1S/C15H13NO2/c1-17-13-6-8-14(9-7-13)18-16-11-10-12-4-2-3-5-15(12)16/h2-11H,1H3. The summed E-state index contributed by atoms with van der Waals surface area (Å²) < 4.78 is 6.87. The summed E-state index contributed by atoms with van der Waals surface area (Å²) in [6, 6.07) is 17.6. The smallest absolute Gasteiger partial charge is 0.156 e. The summed E-state index contributed by atoms with van der Waals surface area (Å²) in [5, 5.41) is 1.16. The van der Waals surface area contributed by atoms with Crippen LogP contribution in [0.4, 0.5) is 0 Å². The second-order valence-electron chi connectivity index (χ2n) is 3.97. The predicted octanol–water partition coefficient (Wildman–Crippen LogP) is 3.49. The van der Waals surface area contributed by atoms with Gasteiger partial charge in [-0.2, -0.15) is 4.73 Å². The van der Waals surface area contributed by atoms with Crippen molar-refractivity contribution in [2.24, 2.45) is 0 Å². The van der Waals surface area contributed by atoms with Crippen LogP contribution in [0.3, 0.4) is 0 Å². The van der Waals surface area contributed by atoms with Gasteiger partial charge in [0.25, 0.3) is 0 Å². The quantitative estimate of drug-likeness (QED) is 0.698. The van der Waals surface area contributed by atoms with E-state index in [2.05, 4.69) is 6.07 Å². The van der Waals surface area contributed by atoms with Gasteiger partial charge in [0.1, 0.15) is 5.75 Å². The molecule has 0 bridgehead atoms. The third-order valence-corrected chi connectivity index (χ3v) is 2.83. The Morgan fingerprint density at radius 2 is 1.56 bits per heavy atom. The van der Waals surface area contributed by atoms with E-state index in [4.69, 9.17) is 9.57 Å². The first-order chi connectivity index (χ1) is 8.86. The van der Waals surface area contributed by atoms with Crippen LogP contribution in [0, 0.1) is 0 Å². The highest BCUT2D eigenvalue weighted by molar-refractivity contribution is 5.79. The molecule has 0 N–H and O–H groups in total. The molecular weight excluding hydrogens is 226 g/mol. The van der Waals surface area contributed by atoms with Crippen molar-refractivity contribution in [2.75, 3.05) is 7.11 Å². The van der Waals surface area contributed by atoms with Gasteiger partial charge in [0.05, 0.1) is 12.6 Å². The lowest BCUT2D eigenvalue weighted by Gasteiger charge is -2.08. The summed E-state index contributed by atoms with van der Waals surface area (Å²) in [4.78, 5) is 5.79. The van der Waals surface area contributed by atoms with Crippen molar-refractivity contribution in [3.8, 4) is 11.5 Å². The van der Waals surface area contributed by atoms with Crippen LogP contribution in [0.15, 0.2) is 60.8 Å². The van der Waals surface area contributed by atoms with Gasteiger partial charge >= 0.3 is 0 Å². The SMILES string of the molecule is COc1ccc(On2ccc3ccccc32)cc1. The molecule has 0 fully saturated rings. The van der Waals surface area contributed by atoms with Gasteiger partial charge in [0.2, 0.25) is 0 Å². The van der Waals surface area contributed by atoms with Gasteiger partial charge in [0.15, 0.2) is 5.75 Å². The number of methoxy groups -OCH3 is 1. The molecule has 3 heteroatoms. The highest BCUT2D eigenvalue weighted by Crippen LogP contribution is 2.20. The molecule has 0 aliphatic heterocycles. The third kappa shape index (κ3) is 1.91. The molecule has 2 aromatic carbocycles. The molecule has 1 heterocycles. The molecule has 3 rings (SSSR count). The molecule has 3 aromatic rings. The lowest BCUT2D eigenvalue weighted by molar-refractivity contribution is 0.229. The fourth-order valence-corrected chi connectivity index (χ4v) is 1.89. The lowest BCUT2D eigenvalue weighted by atomic mass is 10.3. The van der Waals surface area contributed by atoms with E-state index in [0.717, 1.165) is 22.4 Å². The van der Waals surface area contributed by atoms with Crippen molar-refractivity contribution in [3.05, 3.63) is 60.8 Å². The number of aromatic nitrogens is 1. The van der Waals surface area contributed by atoms with Crippen LogP contribution in [0.2, 0.25) is 0 Å². The number of fused-ring (bicyclic) bond motifs is 1. The minimum Gasteiger partial charge on any atom is -0.497 e. The zero-order chi connectivity index (χ0) is 12.4. The molecule has 0 saturated carbocycles. The number of para-hydroxylation sites is 1. The van der Waals surface area contributed by atoms with Crippen LogP contribution in [-0.4, -0.2) is 11.8 Å². The van der Waals surface area contributed by atoms with Gasteiger partial charge in [-0.25, -0.2) is 0 Å². The number of hydrogen-bond donors (Lipinski definition) is 0. The summed E-state index contributed by atoms with van der Waals surface area (Å²) in [5.74, 6) is 1.59. The largest absolute Gasteiger partial charge is 0.497 e. The van der Waals surface area contributed by atoms with E-state index in [9.17, 15) is 0 Å². The zero-order valence-corrected chi connectivity index (χ0v) is 10.0. The topological polar surface area (TPSA) is 23.4 Å². The number of ether oxygens (including phenoxy) is 1. The second kappa shape index (κ2) is 4.45. The molecule has 0 aliphatic carbocycles. The van der Waals surface area contributed by atoms with Crippen molar-refractivity contribution in [1.82, 2.24) is 4.73 Å². The van der Waals surface area contributed by atoms with Gasteiger partial charge in [-0.1, -0.05) is 18.2 Å². The van der Waals surface area contributed by atoms with Crippen molar-refractivity contribution >= 4 is 10.9 Å². The minimum atomic E-state index is 0.775. The fourth-order valence-electron chi connectivity index (χ4n) is 1.89. The van der Waals surface area contributed by atoms with Crippen LogP contribution in [0.25, 0.3) is 10.9 Å². The molecule has 0 aliphatic rings. The monoisotopic (exact) mass is 239 g/mol. The van der Waals surface area contributed by atoms with Gasteiger partial charge in [-0.15, -0.1) is 0 Å². The first kappa shape index (κ1) is 10.7. The van der Waals surface area contributed by atoms with Gasteiger partial charge in [-0.3, -0.25) is 0 Å². The summed E-state index contributed by atoms with van der Waals surface area (Å²) >= 11 is 0. The molecule has 0 radical (unpaired) electrons. The van der Waals surface area contributed by atoms with Crippen LogP contribution >= 0.6 is 0 Å². The minimum absolute atomic E-state index is 0.775. The molecule has 0 spiro atoms. The number of rotatable bonds is 3. The van der Waals surface area contributed by atoms with E-state index >= 15 is 0 Å². The van der Waals surface area contributed by atoms with E-state index in [1.54, 1.807) is 11.8 Å². The Morgan fingerprint density at radius 1 is 0.833 bits per heavy atom. The molecule has 1 aromatic heterocycles. The van der Waals surface area contributed by atoms with Crippen molar-refractivity contribution in [1.29, 1.82) is 0 Å².